The van der Waals surface area contributed by atoms with Gasteiger partial charge in [0.05, 0.1) is 4.92 Å². The highest BCUT2D eigenvalue weighted by molar-refractivity contribution is 9.10. The second-order valence-electron chi connectivity index (χ2n) is 5.55. The Kier molecular flexibility index (Phi) is 4.70. The molecule has 0 aliphatic heterocycles. The van der Waals surface area contributed by atoms with Crippen LogP contribution >= 0.6 is 15.9 Å². The van der Waals surface area contributed by atoms with Crippen LogP contribution in [0.15, 0.2) is 34.9 Å². The minimum atomic E-state index is -0.653. The van der Waals surface area contributed by atoms with E-state index in [-0.39, 0.29) is 23.0 Å². The van der Waals surface area contributed by atoms with Crippen molar-refractivity contribution in [2.75, 3.05) is 5.32 Å². The maximum absolute atomic E-state index is 12.1. The second-order valence-corrected chi connectivity index (χ2v) is 6.46. The van der Waals surface area contributed by atoms with Crippen molar-refractivity contribution in [2.24, 2.45) is 0 Å². The highest BCUT2D eigenvalue weighted by Gasteiger charge is 2.25. The van der Waals surface area contributed by atoms with Gasteiger partial charge in [-0.2, -0.15) is 0 Å². The minimum Gasteiger partial charge on any atom is -0.377 e. The molecule has 2 amide bonds. The van der Waals surface area contributed by atoms with Crippen LogP contribution in [0.1, 0.15) is 33.7 Å². The number of carbonyl (C=O) groups is 2. The number of hydrazine groups is 1. The largest absolute Gasteiger partial charge is 0.377 e. The predicted molar refractivity (Wildman–Crippen MR) is 93.2 cm³/mol. The fraction of sp³-hybridized carbons (Fsp3) is 0.200. The molecule has 1 fully saturated rings. The van der Waals surface area contributed by atoms with Crippen molar-refractivity contribution in [1.82, 2.24) is 15.8 Å². The average Bonchev–Trinajstić information content (AvgIpc) is 3.30. The molecule has 0 unspecified atom stereocenters. The number of nitro groups is 1. The SMILES string of the molecule is O=C(NNC(=O)c1cc(Br)c[nH]1)c1ccc(NC2CC2)c([N+](=O)[O-])c1. The quantitative estimate of drug-likeness (QED) is 0.446. The van der Waals surface area contributed by atoms with Crippen LogP contribution in [-0.4, -0.2) is 27.8 Å². The summed E-state index contributed by atoms with van der Waals surface area (Å²) in [6, 6.07) is 5.93. The molecular formula is C15H14BrN5O4. The fourth-order valence-corrected chi connectivity index (χ4v) is 2.49. The number of nitro benzene ring substituents is 1. The number of nitrogens with zero attached hydrogens (tertiary/aromatic N) is 1. The first-order chi connectivity index (χ1) is 11.9. The lowest BCUT2D eigenvalue weighted by atomic mass is 10.1. The summed E-state index contributed by atoms with van der Waals surface area (Å²) in [6.07, 6.45) is 3.52. The van der Waals surface area contributed by atoms with E-state index >= 15 is 0 Å². The summed E-state index contributed by atoms with van der Waals surface area (Å²) in [4.78, 5) is 37.4. The number of H-pyrrole nitrogens is 1. The maximum atomic E-state index is 12.1. The van der Waals surface area contributed by atoms with Gasteiger partial charge in [-0.3, -0.25) is 30.6 Å². The Labute approximate surface area is 150 Å². The molecule has 0 bridgehead atoms. The number of benzene rings is 1. The number of aromatic amines is 1. The molecule has 0 atom stereocenters. The van der Waals surface area contributed by atoms with E-state index < -0.39 is 16.7 Å². The number of nitrogens with one attached hydrogen (secondary N) is 4. The van der Waals surface area contributed by atoms with E-state index in [1.165, 1.54) is 18.2 Å². The number of hydrogen-bond donors (Lipinski definition) is 4. The van der Waals surface area contributed by atoms with Gasteiger partial charge in [-0.25, -0.2) is 0 Å². The van der Waals surface area contributed by atoms with Crippen LogP contribution in [0.3, 0.4) is 0 Å². The van der Waals surface area contributed by atoms with E-state index in [0.29, 0.717) is 10.2 Å². The van der Waals surface area contributed by atoms with Crippen molar-refractivity contribution in [3.8, 4) is 0 Å². The van der Waals surface area contributed by atoms with Crippen LogP contribution in [0.2, 0.25) is 0 Å². The summed E-state index contributed by atoms with van der Waals surface area (Å²) in [5.74, 6) is -1.19. The Bertz CT molecular complexity index is 846. The van der Waals surface area contributed by atoms with Gasteiger partial charge in [0.2, 0.25) is 0 Å². The van der Waals surface area contributed by atoms with Crippen LogP contribution < -0.4 is 16.2 Å². The summed E-state index contributed by atoms with van der Waals surface area (Å²) >= 11 is 3.20. The number of aromatic nitrogens is 1. The monoisotopic (exact) mass is 407 g/mol. The van der Waals surface area contributed by atoms with Gasteiger partial charge in [-0.15, -0.1) is 0 Å². The normalized spacial score (nSPS) is 13.2. The third-order valence-corrected chi connectivity index (χ3v) is 4.03. The Morgan fingerprint density at radius 1 is 1.20 bits per heavy atom. The molecule has 0 radical (unpaired) electrons. The molecule has 1 aromatic carbocycles. The lowest BCUT2D eigenvalue weighted by Gasteiger charge is -2.09. The zero-order valence-corrected chi connectivity index (χ0v) is 14.4. The van der Waals surface area contributed by atoms with Gasteiger partial charge < -0.3 is 10.3 Å². The molecule has 25 heavy (non-hydrogen) atoms. The number of anilines is 1. The summed E-state index contributed by atoms with van der Waals surface area (Å²) in [6.45, 7) is 0. The predicted octanol–water partition coefficient (Wildman–Crippen LogP) is 2.33. The molecule has 1 aliphatic rings. The lowest BCUT2D eigenvalue weighted by Crippen LogP contribution is -2.41. The van der Waals surface area contributed by atoms with Crippen molar-refractivity contribution in [1.29, 1.82) is 0 Å². The molecular weight excluding hydrogens is 394 g/mol. The van der Waals surface area contributed by atoms with E-state index in [1.54, 1.807) is 12.3 Å². The number of amides is 2. The molecule has 0 saturated heterocycles. The first-order valence-electron chi connectivity index (χ1n) is 7.43. The fourth-order valence-electron chi connectivity index (χ4n) is 2.15. The average molecular weight is 408 g/mol. The van der Waals surface area contributed by atoms with Crippen molar-refractivity contribution in [3.05, 3.63) is 56.3 Å². The first-order valence-corrected chi connectivity index (χ1v) is 8.23. The minimum absolute atomic E-state index is 0.0704. The third-order valence-electron chi connectivity index (χ3n) is 3.58. The molecule has 0 spiro atoms. The zero-order chi connectivity index (χ0) is 18.0. The molecule has 1 aliphatic carbocycles. The Morgan fingerprint density at radius 3 is 2.52 bits per heavy atom. The highest BCUT2D eigenvalue weighted by Crippen LogP contribution is 2.31. The Hall–Kier alpha value is -2.88. The number of halogens is 1. The lowest BCUT2D eigenvalue weighted by molar-refractivity contribution is -0.384. The maximum Gasteiger partial charge on any atom is 0.293 e. The van der Waals surface area contributed by atoms with E-state index in [0.717, 1.165) is 12.8 Å². The molecule has 1 saturated carbocycles. The third kappa shape index (κ3) is 4.15. The summed E-state index contributed by atoms with van der Waals surface area (Å²) in [7, 11) is 0. The van der Waals surface area contributed by atoms with Crippen molar-refractivity contribution >= 4 is 39.1 Å². The van der Waals surface area contributed by atoms with Crippen LogP contribution in [-0.2, 0) is 0 Å². The van der Waals surface area contributed by atoms with Gasteiger partial charge in [0.15, 0.2) is 0 Å². The van der Waals surface area contributed by atoms with Crippen LogP contribution in [0.25, 0.3) is 0 Å². The van der Waals surface area contributed by atoms with E-state index in [9.17, 15) is 19.7 Å². The second kappa shape index (κ2) is 6.93. The number of hydrogen-bond acceptors (Lipinski definition) is 5. The van der Waals surface area contributed by atoms with E-state index in [4.69, 9.17) is 0 Å². The Balaban J connectivity index is 1.67. The molecule has 4 N–H and O–H groups in total. The Morgan fingerprint density at radius 2 is 1.92 bits per heavy atom. The molecule has 1 heterocycles. The molecule has 2 aromatic rings. The van der Waals surface area contributed by atoms with Gasteiger partial charge >= 0.3 is 0 Å². The summed E-state index contributed by atoms with van der Waals surface area (Å²) in [5, 5.41) is 14.3. The van der Waals surface area contributed by atoms with Crippen molar-refractivity contribution in [3.63, 3.8) is 0 Å². The number of rotatable bonds is 5. The summed E-state index contributed by atoms with van der Waals surface area (Å²) < 4.78 is 0.693. The number of carbonyl (C=O) groups excluding carboxylic acids is 2. The van der Waals surface area contributed by atoms with Crippen LogP contribution in [0.5, 0.6) is 0 Å². The molecule has 9 nitrogen and oxygen atoms in total. The van der Waals surface area contributed by atoms with Crippen molar-refractivity contribution in [2.45, 2.75) is 18.9 Å². The van der Waals surface area contributed by atoms with Crippen LogP contribution in [0, 0.1) is 10.1 Å². The molecule has 3 rings (SSSR count). The molecule has 1 aromatic heterocycles. The van der Waals surface area contributed by atoms with Crippen LogP contribution in [0.4, 0.5) is 11.4 Å². The molecule has 130 valence electrons. The highest BCUT2D eigenvalue weighted by atomic mass is 79.9. The van der Waals surface area contributed by atoms with E-state index in [1.807, 2.05) is 0 Å². The van der Waals surface area contributed by atoms with Gasteiger partial charge in [-0.05, 0) is 47.0 Å². The standard InChI is InChI=1S/C15H14BrN5O4/c16-9-6-12(17-7-9)15(23)20-19-14(22)8-1-4-11(18-10-2-3-10)13(5-8)21(24)25/h1,4-7,10,17-18H,2-3H2,(H,19,22)(H,20,23). The van der Waals surface area contributed by atoms with Gasteiger partial charge in [0.1, 0.15) is 11.4 Å². The van der Waals surface area contributed by atoms with Gasteiger partial charge in [-0.1, -0.05) is 0 Å². The first kappa shape index (κ1) is 17.0. The van der Waals surface area contributed by atoms with E-state index in [2.05, 4.69) is 37.1 Å². The van der Waals surface area contributed by atoms with Gasteiger partial charge in [0, 0.05) is 28.3 Å². The molecule has 10 heteroatoms. The van der Waals surface area contributed by atoms with Gasteiger partial charge in [0.25, 0.3) is 17.5 Å². The zero-order valence-electron chi connectivity index (χ0n) is 12.8. The van der Waals surface area contributed by atoms with Crippen molar-refractivity contribution < 1.29 is 14.5 Å². The smallest absolute Gasteiger partial charge is 0.293 e. The summed E-state index contributed by atoms with van der Waals surface area (Å²) in [5.41, 5.74) is 4.99. The topological polar surface area (TPSA) is 129 Å².